The van der Waals surface area contributed by atoms with E-state index < -0.39 is 11.7 Å². The molecule has 2 aromatic carbocycles. The molecule has 27 heavy (non-hydrogen) atoms. The molecule has 0 atom stereocenters. The van der Waals surface area contributed by atoms with Gasteiger partial charge in [-0.1, -0.05) is 24.3 Å². The number of hydrogen-bond acceptors (Lipinski definition) is 5. The molecule has 0 spiro atoms. The maximum Gasteiger partial charge on any atom is 0.416 e. The van der Waals surface area contributed by atoms with Crippen molar-refractivity contribution >= 4 is 17.6 Å². The molecule has 3 N–H and O–H groups in total. The Hall–Kier alpha value is -3.13. The average molecular weight is 375 g/mol. The number of nitrogens with zero attached hydrogens (tertiary/aromatic N) is 2. The smallest absolute Gasteiger partial charge is 0.416 e. The van der Waals surface area contributed by atoms with Gasteiger partial charge in [0.25, 0.3) is 0 Å². The number of rotatable bonds is 3. The number of β-amino-alcohol motifs (C(OH)–C–C–N with tert-alkyl or cyclic N) is 1. The highest BCUT2D eigenvalue weighted by Crippen LogP contribution is 2.34. The molecule has 2 aromatic rings. The molecule has 0 unspecified atom stereocenters. The molecule has 5 nitrogen and oxygen atoms in total. The predicted molar refractivity (Wildman–Crippen MR) is 94.1 cm³/mol. The van der Waals surface area contributed by atoms with E-state index in [0.717, 1.165) is 22.6 Å². The molecule has 0 amide bonds. The second-order valence-corrected chi connectivity index (χ2v) is 6.17. The summed E-state index contributed by atoms with van der Waals surface area (Å²) in [5, 5.41) is 23.2. The second-order valence-electron chi connectivity index (χ2n) is 6.17. The second kappa shape index (κ2) is 6.24. The Kier molecular flexibility index (Phi) is 4.00. The van der Waals surface area contributed by atoms with Gasteiger partial charge in [-0.2, -0.15) is 13.2 Å². The molecule has 0 radical (unpaired) electrons. The van der Waals surface area contributed by atoms with Gasteiger partial charge in [-0.25, -0.2) is 5.01 Å². The summed E-state index contributed by atoms with van der Waals surface area (Å²) in [7, 11) is 0. The normalized spacial score (nSPS) is 16.1. The zero-order chi connectivity index (χ0) is 19.2. The van der Waals surface area contributed by atoms with Gasteiger partial charge >= 0.3 is 6.18 Å². The summed E-state index contributed by atoms with van der Waals surface area (Å²) in [6.45, 7) is 0.142. The summed E-state index contributed by atoms with van der Waals surface area (Å²) in [6.07, 6.45) is -2.61. The minimum Gasteiger partial charge on any atom is -0.492 e. The summed E-state index contributed by atoms with van der Waals surface area (Å²) in [6, 6.07) is 12.0. The first-order valence-corrected chi connectivity index (χ1v) is 8.26. The molecule has 0 saturated carbocycles. The molecule has 2 aliphatic heterocycles. The third kappa shape index (κ3) is 2.87. The number of aliphatic hydroxyl groups excluding tert-OH is 2. The van der Waals surface area contributed by atoms with Crippen molar-refractivity contribution in [3.63, 3.8) is 0 Å². The van der Waals surface area contributed by atoms with Crippen LogP contribution >= 0.6 is 0 Å². The largest absolute Gasteiger partial charge is 0.492 e. The molecule has 0 fully saturated rings. The molecule has 2 heterocycles. The van der Waals surface area contributed by atoms with Gasteiger partial charge in [0.2, 0.25) is 5.88 Å². The van der Waals surface area contributed by atoms with E-state index in [4.69, 9.17) is 0 Å². The number of anilines is 1. The zero-order valence-electron chi connectivity index (χ0n) is 14.0. The van der Waals surface area contributed by atoms with Crippen LogP contribution in [0.5, 0.6) is 0 Å². The van der Waals surface area contributed by atoms with E-state index in [1.54, 1.807) is 4.90 Å². The van der Waals surface area contributed by atoms with Gasteiger partial charge in [-0.15, -0.1) is 0 Å². The van der Waals surface area contributed by atoms with Crippen molar-refractivity contribution in [1.82, 2.24) is 10.3 Å². The van der Waals surface area contributed by atoms with E-state index in [0.29, 0.717) is 17.1 Å². The molecule has 140 valence electrons. The maximum atomic E-state index is 12.8. The number of fused-ring (bicyclic) bond motifs is 2. The monoisotopic (exact) mass is 375 g/mol. The Morgan fingerprint density at radius 2 is 1.70 bits per heavy atom. The molecular weight excluding hydrogens is 359 g/mol. The standard InChI is InChI=1S/C19H16F3N3O2/c20-19(21,22)13-5-7-14(8-6-13)25-18(27)17-16(23-25)15-4-2-1-3-12(15)11-24(17)9-10-26/h1-8,11,23,26-27H,9-10H2. The Morgan fingerprint density at radius 3 is 2.37 bits per heavy atom. The lowest BCUT2D eigenvalue weighted by molar-refractivity contribution is -0.137. The number of aliphatic hydroxyl groups is 2. The van der Waals surface area contributed by atoms with Crippen LogP contribution in [0.25, 0.3) is 11.9 Å². The Morgan fingerprint density at radius 1 is 1.00 bits per heavy atom. The molecule has 0 aliphatic carbocycles. The first-order valence-electron chi connectivity index (χ1n) is 8.26. The summed E-state index contributed by atoms with van der Waals surface area (Å²) >= 11 is 0. The van der Waals surface area contributed by atoms with Crippen LogP contribution in [0.4, 0.5) is 18.9 Å². The van der Waals surface area contributed by atoms with Crippen LogP contribution in [-0.4, -0.2) is 28.3 Å². The van der Waals surface area contributed by atoms with Crippen molar-refractivity contribution in [3.05, 3.63) is 76.1 Å². The minimum absolute atomic E-state index is 0.122. The van der Waals surface area contributed by atoms with Gasteiger partial charge in [-0.05, 0) is 24.3 Å². The molecule has 4 rings (SSSR count). The third-order valence-electron chi connectivity index (χ3n) is 4.49. The number of nitrogens with one attached hydrogen (secondary N) is 1. The number of alkyl halides is 3. The van der Waals surface area contributed by atoms with Gasteiger partial charge < -0.3 is 15.1 Å². The van der Waals surface area contributed by atoms with E-state index in [1.165, 1.54) is 17.1 Å². The van der Waals surface area contributed by atoms with E-state index in [9.17, 15) is 23.4 Å². The Labute approximate surface area is 152 Å². The number of hydrogen-bond donors (Lipinski definition) is 3. The number of halogens is 3. The zero-order valence-corrected chi connectivity index (χ0v) is 14.0. The van der Waals surface area contributed by atoms with Crippen molar-refractivity contribution in [2.75, 3.05) is 18.2 Å². The first kappa shape index (κ1) is 17.3. The van der Waals surface area contributed by atoms with Crippen molar-refractivity contribution in [2.24, 2.45) is 0 Å². The number of hydrazine groups is 1. The lowest BCUT2D eigenvalue weighted by Crippen LogP contribution is -2.41. The van der Waals surface area contributed by atoms with Gasteiger partial charge in [-0.3, -0.25) is 5.43 Å². The minimum atomic E-state index is -4.42. The molecule has 2 aliphatic rings. The topological polar surface area (TPSA) is 59.0 Å². The van der Waals surface area contributed by atoms with E-state index >= 15 is 0 Å². The average Bonchev–Trinajstić information content (AvgIpc) is 2.99. The van der Waals surface area contributed by atoms with Gasteiger partial charge in [0.05, 0.1) is 23.6 Å². The van der Waals surface area contributed by atoms with Crippen LogP contribution < -0.4 is 20.9 Å². The van der Waals surface area contributed by atoms with Crippen LogP contribution in [0.3, 0.4) is 0 Å². The third-order valence-corrected chi connectivity index (χ3v) is 4.49. The van der Waals surface area contributed by atoms with Crippen molar-refractivity contribution in [3.8, 4) is 0 Å². The predicted octanol–water partition coefficient (Wildman–Crippen LogP) is 1.61. The van der Waals surface area contributed by atoms with Crippen molar-refractivity contribution in [2.45, 2.75) is 6.18 Å². The highest BCUT2D eigenvalue weighted by molar-refractivity contribution is 5.75. The van der Waals surface area contributed by atoms with Crippen LogP contribution in [-0.2, 0) is 6.18 Å². The van der Waals surface area contributed by atoms with Gasteiger partial charge in [0, 0.05) is 23.2 Å². The van der Waals surface area contributed by atoms with Crippen LogP contribution in [0, 0.1) is 0 Å². The van der Waals surface area contributed by atoms with Crippen LogP contribution in [0.15, 0.2) is 60.1 Å². The van der Waals surface area contributed by atoms with Crippen molar-refractivity contribution in [1.29, 1.82) is 0 Å². The quantitative estimate of drug-likeness (QED) is 0.761. The fourth-order valence-corrected chi connectivity index (χ4v) is 3.24. The molecule has 0 bridgehead atoms. The highest BCUT2D eigenvalue weighted by atomic mass is 19.4. The van der Waals surface area contributed by atoms with Crippen molar-refractivity contribution < 1.29 is 23.4 Å². The number of benzene rings is 2. The molecule has 8 heteroatoms. The summed E-state index contributed by atoms with van der Waals surface area (Å²) in [5.41, 5.74) is 3.74. The molecule has 0 saturated heterocycles. The van der Waals surface area contributed by atoms with E-state index in [2.05, 4.69) is 5.43 Å². The Balaban J connectivity index is 1.80. The maximum absolute atomic E-state index is 12.8. The fourth-order valence-electron chi connectivity index (χ4n) is 3.24. The van der Waals surface area contributed by atoms with E-state index in [-0.39, 0.29) is 19.0 Å². The molecular formula is C19H16F3N3O2. The van der Waals surface area contributed by atoms with E-state index in [1.807, 2.05) is 30.5 Å². The highest BCUT2D eigenvalue weighted by Gasteiger charge is 2.34. The lowest BCUT2D eigenvalue weighted by atomic mass is 10.1. The lowest BCUT2D eigenvalue weighted by Gasteiger charge is -2.23. The SMILES string of the molecule is OCCN1C=c2ccccc2=C2NN(c3ccc(C(F)(F)F)cc3)C(O)=C21. The van der Waals surface area contributed by atoms with Gasteiger partial charge in [0.1, 0.15) is 5.70 Å². The fraction of sp³-hybridized carbons (Fsp3) is 0.158. The summed E-state index contributed by atoms with van der Waals surface area (Å²) in [5.74, 6) is -0.149. The van der Waals surface area contributed by atoms with Gasteiger partial charge in [0.15, 0.2) is 0 Å². The van der Waals surface area contributed by atoms with Crippen LogP contribution in [0.2, 0.25) is 0 Å². The Bertz CT molecular complexity index is 1030. The summed E-state index contributed by atoms with van der Waals surface area (Å²) in [4.78, 5) is 1.71. The van der Waals surface area contributed by atoms with Crippen LogP contribution in [0.1, 0.15) is 5.56 Å². The first-order chi connectivity index (χ1) is 12.9. The summed E-state index contributed by atoms with van der Waals surface area (Å²) < 4.78 is 38.4. The molecule has 0 aromatic heterocycles.